The summed E-state index contributed by atoms with van der Waals surface area (Å²) in [5, 5.41) is 1.04. The SMILES string of the molecule is CCCCn1c(N)c(N(CCOC)C(=O)CSCc2c(Cl)cccc2Cl)c(=O)[nH]c1=O. The van der Waals surface area contributed by atoms with Crippen LogP contribution in [0.15, 0.2) is 27.8 Å². The van der Waals surface area contributed by atoms with Gasteiger partial charge < -0.3 is 15.4 Å². The monoisotopic (exact) mass is 488 g/mol. The summed E-state index contributed by atoms with van der Waals surface area (Å²) in [5.74, 6) is 0.0940. The number of thioether (sulfide) groups is 1. The number of nitrogens with two attached hydrogens (primary N) is 1. The zero-order valence-corrected chi connectivity index (χ0v) is 19.8. The van der Waals surface area contributed by atoms with Crippen molar-refractivity contribution in [1.82, 2.24) is 9.55 Å². The van der Waals surface area contributed by atoms with Gasteiger partial charge in [0.1, 0.15) is 5.82 Å². The van der Waals surface area contributed by atoms with Crippen molar-refractivity contribution in [2.24, 2.45) is 0 Å². The number of rotatable bonds is 11. The highest BCUT2D eigenvalue weighted by atomic mass is 35.5. The molecule has 0 radical (unpaired) electrons. The second-order valence-corrected chi connectivity index (χ2v) is 8.53. The molecule has 31 heavy (non-hydrogen) atoms. The molecule has 1 heterocycles. The molecule has 0 fully saturated rings. The number of H-pyrrole nitrogens is 1. The van der Waals surface area contributed by atoms with E-state index in [9.17, 15) is 14.4 Å². The molecule has 3 N–H and O–H groups in total. The number of ether oxygens (including phenoxy) is 1. The zero-order chi connectivity index (χ0) is 23.0. The van der Waals surface area contributed by atoms with Crippen molar-refractivity contribution in [3.8, 4) is 0 Å². The number of carbonyl (C=O) groups excluding carboxylic acids is 1. The Morgan fingerprint density at radius 2 is 1.97 bits per heavy atom. The molecule has 1 aromatic heterocycles. The minimum Gasteiger partial charge on any atom is -0.383 e. The summed E-state index contributed by atoms with van der Waals surface area (Å²) >= 11 is 13.7. The predicted octanol–water partition coefficient (Wildman–Crippen LogP) is 3.14. The van der Waals surface area contributed by atoms with Crippen LogP contribution in [0.3, 0.4) is 0 Å². The molecular weight excluding hydrogens is 463 g/mol. The topological polar surface area (TPSA) is 110 Å². The molecule has 0 unspecified atom stereocenters. The number of amides is 1. The molecule has 0 aliphatic rings. The molecule has 2 aromatic rings. The van der Waals surface area contributed by atoms with Gasteiger partial charge in [0, 0.05) is 36.0 Å². The molecule has 0 bridgehead atoms. The molecule has 2 rings (SSSR count). The predicted molar refractivity (Wildman–Crippen MR) is 127 cm³/mol. The van der Waals surface area contributed by atoms with E-state index in [0.29, 0.717) is 28.8 Å². The van der Waals surface area contributed by atoms with Gasteiger partial charge in [-0.2, -0.15) is 0 Å². The van der Waals surface area contributed by atoms with Crippen LogP contribution in [-0.2, 0) is 21.8 Å². The average molecular weight is 489 g/mol. The minimum absolute atomic E-state index is 0.0363. The van der Waals surface area contributed by atoms with Crippen LogP contribution < -0.4 is 21.9 Å². The zero-order valence-electron chi connectivity index (χ0n) is 17.5. The second-order valence-electron chi connectivity index (χ2n) is 6.73. The number of unbranched alkanes of at least 4 members (excludes halogenated alkanes) is 1. The molecule has 8 nitrogen and oxygen atoms in total. The summed E-state index contributed by atoms with van der Waals surface area (Å²) in [6, 6.07) is 5.21. The van der Waals surface area contributed by atoms with Crippen LogP contribution in [0, 0.1) is 0 Å². The first-order chi connectivity index (χ1) is 14.8. The van der Waals surface area contributed by atoms with E-state index in [1.165, 1.54) is 28.3 Å². The highest BCUT2D eigenvalue weighted by molar-refractivity contribution is 7.99. The summed E-state index contributed by atoms with van der Waals surface area (Å²) in [5.41, 5.74) is 5.54. The second kappa shape index (κ2) is 12.2. The third-order valence-corrected chi connectivity index (χ3v) is 6.23. The molecule has 170 valence electrons. The number of methoxy groups -OCH3 is 1. The molecule has 0 aliphatic heterocycles. The van der Waals surface area contributed by atoms with Crippen LogP contribution in [0.2, 0.25) is 10.0 Å². The van der Waals surface area contributed by atoms with Crippen LogP contribution in [0.1, 0.15) is 25.3 Å². The van der Waals surface area contributed by atoms with E-state index in [1.54, 1.807) is 18.2 Å². The number of nitrogens with zero attached hydrogens (tertiary/aromatic N) is 2. The van der Waals surface area contributed by atoms with E-state index in [4.69, 9.17) is 33.7 Å². The van der Waals surface area contributed by atoms with Gasteiger partial charge in [0.2, 0.25) is 5.91 Å². The summed E-state index contributed by atoms with van der Waals surface area (Å²) in [7, 11) is 1.49. The number of nitrogens with one attached hydrogen (secondary N) is 1. The normalized spacial score (nSPS) is 11.0. The van der Waals surface area contributed by atoms with Gasteiger partial charge in [-0.1, -0.05) is 42.6 Å². The fraction of sp³-hybridized carbons (Fsp3) is 0.450. The third kappa shape index (κ3) is 6.52. The average Bonchev–Trinajstić information content (AvgIpc) is 2.72. The first-order valence-corrected chi connectivity index (χ1v) is 11.6. The Balaban J connectivity index is 2.27. The molecule has 0 atom stereocenters. The Morgan fingerprint density at radius 3 is 2.58 bits per heavy atom. The smallest absolute Gasteiger partial charge is 0.330 e. The largest absolute Gasteiger partial charge is 0.383 e. The van der Waals surface area contributed by atoms with E-state index in [1.807, 2.05) is 6.92 Å². The lowest BCUT2D eigenvalue weighted by atomic mass is 10.2. The highest BCUT2D eigenvalue weighted by Gasteiger charge is 2.24. The van der Waals surface area contributed by atoms with Crippen molar-refractivity contribution in [3.05, 3.63) is 54.6 Å². The Kier molecular flexibility index (Phi) is 9.95. The molecule has 0 spiro atoms. The number of benzene rings is 1. The summed E-state index contributed by atoms with van der Waals surface area (Å²) in [4.78, 5) is 41.3. The summed E-state index contributed by atoms with van der Waals surface area (Å²) in [6.45, 7) is 2.63. The summed E-state index contributed by atoms with van der Waals surface area (Å²) < 4.78 is 6.37. The Bertz CT molecular complexity index is 1000. The molecule has 1 amide bonds. The maximum atomic E-state index is 13.0. The number of hydrogen-bond acceptors (Lipinski definition) is 6. The first kappa shape index (κ1) is 25.3. The Morgan fingerprint density at radius 1 is 1.29 bits per heavy atom. The van der Waals surface area contributed by atoms with Gasteiger partial charge in [0.25, 0.3) is 5.56 Å². The number of hydrogen-bond donors (Lipinski definition) is 2. The van der Waals surface area contributed by atoms with Gasteiger partial charge in [-0.15, -0.1) is 11.8 Å². The van der Waals surface area contributed by atoms with E-state index < -0.39 is 11.2 Å². The first-order valence-electron chi connectivity index (χ1n) is 9.74. The van der Waals surface area contributed by atoms with Gasteiger partial charge in [0.15, 0.2) is 5.69 Å². The number of carbonyl (C=O) groups is 1. The van der Waals surface area contributed by atoms with Crippen molar-refractivity contribution < 1.29 is 9.53 Å². The number of aromatic amines is 1. The van der Waals surface area contributed by atoms with E-state index in [0.717, 1.165) is 12.0 Å². The lowest BCUT2D eigenvalue weighted by Gasteiger charge is -2.24. The maximum Gasteiger partial charge on any atom is 0.330 e. The molecule has 1 aromatic carbocycles. The van der Waals surface area contributed by atoms with Crippen LogP contribution in [-0.4, -0.2) is 41.5 Å². The molecule has 0 aliphatic carbocycles. The molecular formula is C20H26Cl2N4O4S. The van der Waals surface area contributed by atoms with Crippen LogP contribution in [0.4, 0.5) is 11.5 Å². The van der Waals surface area contributed by atoms with Gasteiger partial charge in [-0.25, -0.2) is 4.79 Å². The van der Waals surface area contributed by atoms with E-state index in [-0.39, 0.29) is 36.3 Å². The number of aromatic nitrogens is 2. The molecule has 0 saturated carbocycles. The Hall–Kier alpha value is -1.94. The van der Waals surface area contributed by atoms with Crippen LogP contribution >= 0.6 is 35.0 Å². The van der Waals surface area contributed by atoms with Gasteiger partial charge >= 0.3 is 5.69 Å². The standard InChI is InChI=1S/C20H26Cl2N4O4S/c1-3-4-8-26-18(23)17(19(28)24-20(26)29)25(9-10-30-2)16(27)12-31-11-13-14(21)6-5-7-15(13)22/h5-7H,3-4,8-12,23H2,1-2H3,(H,24,28,29). The lowest BCUT2D eigenvalue weighted by Crippen LogP contribution is -2.43. The molecule has 0 saturated heterocycles. The van der Waals surface area contributed by atoms with Crippen LogP contribution in [0.5, 0.6) is 0 Å². The van der Waals surface area contributed by atoms with Crippen molar-refractivity contribution in [3.63, 3.8) is 0 Å². The van der Waals surface area contributed by atoms with Gasteiger partial charge in [-0.3, -0.25) is 19.1 Å². The third-order valence-electron chi connectivity index (χ3n) is 4.57. The van der Waals surface area contributed by atoms with E-state index >= 15 is 0 Å². The summed E-state index contributed by atoms with van der Waals surface area (Å²) in [6.07, 6.45) is 1.55. The fourth-order valence-electron chi connectivity index (χ4n) is 2.91. The molecule has 11 heteroatoms. The Labute approximate surface area is 194 Å². The van der Waals surface area contributed by atoms with Crippen molar-refractivity contribution in [1.29, 1.82) is 0 Å². The van der Waals surface area contributed by atoms with Crippen molar-refractivity contribution in [2.75, 3.05) is 36.6 Å². The van der Waals surface area contributed by atoms with E-state index in [2.05, 4.69) is 4.98 Å². The lowest BCUT2D eigenvalue weighted by molar-refractivity contribution is -0.116. The van der Waals surface area contributed by atoms with Crippen molar-refractivity contribution in [2.45, 2.75) is 32.1 Å². The van der Waals surface area contributed by atoms with Gasteiger partial charge in [0.05, 0.1) is 12.4 Å². The van der Waals surface area contributed by atoms with Gasteiger partial charge in [-0.05, 0) is 24.1 Å². The van der Waals surface area contributed by atoms with Crippen molar-refractivity contribution >= 4 is 52.4 Å². The number of anilines is 2. The number of nitrogen functional groups attached to an aromatic ring is 1. The quantitative estimate of drug-likeness (QED) is 0.502. The highest BCUT2D eigenvalue weighted by Crippen LogP contribution is 2.28. The number of halogens is 2. The van der Waals surface area contributed by atoms with Crippen LogP contribution in [0.25, 0.3) is 0 Å². The fourth-order valence-corrected chi connectivity index (χ4v) is 4.55. The maximum absolute atomic E-state index is 13.0. The minimum atomic E-state index is -0.709.